The van der Waals surface area contributed by atoms with Crippen LogP contribution in [0.4, 0.5) is 48.3 Å². The van der Waals surface area contributed by atoms with Crippen molar-refractivity contribution >= 4 is 0 Å². The van der Waals surface area contributed by atoms with Crippen LogP contribution in [0.2, 0.25) is 0 Å². The Hall–Kier alpha value is -1.28. The van der Waals surface area contributed by atoms with Crippen molar-refractivity contribution in [1.82, 2.24) is 0 Å². The van der Waals surface area contributed by atoms with Gasteiger partial charge in [-0.05, 0) is 0 Å². The predicted octanol–water partition coefficient (Wildman–Crippen LogP) is 4.39. The minimum absolute atomic E-state index is 0.827. The topological polar surface area (TPSA) is 23.8 Å². The molecule has 1 nitrogen and oxygen atoms in total. The van der Waals surface area contributed by atoms with E-state index in [1.807, 2.05) is 0 Å². The maximum atomic E-state index is 12.9. The summed E-state index contributed by atoms with van der Waals surface area (Å²) in [5, 5.41) is 7.85. The van der Waals surface area contributed by atoms with Crippen LogP contribution in [0.15, 0.2) is 0 Å². The Bertz CT molecular complexity index is 371. The lowest BCUT2D eigenvalue weighted by Gasteiger charge is -2.39. The lowest BCUT2D eigenvalue weighted by atomic mass is 9.89. The van der Waals surface area contributed by atoms with Gasteiger partial charge in [-0.3, -0.25) is 0 Å². The predicted molar refractivity (Wildman–Crippen MR) is 40.7 cm³/mol. The normalized spacial score (nSPS) is 15.1. The van der Waals surface area contributed by atoms with Crippen LogP contribution in [-0.2, 0) is 0 Å². The Morgan fingerprint density at radius 3 is 1.30 bits per heavy atom. The van der Waals surface area contributed by atoms with Gasteiger partial charge >= 0.3 is 29.9 Å². The number of rotatable bonds is 4. The Balaban J connectivity index is 6.02. The maximum Gasteiger partial charge on any atom is 0.438 e. The summed E-state index contributed by atoms with van der Waals surface area (Å²) in [6.07, 6.45) is -18.5. The molecule has 0 radical (unpaired) electrons. The highest BCUT2D eigenvalue weighted by atomic mass is 19.4. The van der Waals surface area contributed by atoms with Crippen LogP contribution in [0.1, 0.15) is 12.8 Å². The van der Waals surface area contributed by atoms with Gasteiger partial charge in [-0.1, -0.05) is 0 Å². The Morgan fingerprint density at radius 2 is 1.05 bits per heavy atom. The summed E-state index contributed by atoms with van der Waals surface area (Å²) in [7, 11) is 0. The third-order valence-corrected chi connectivity index (χ3v) is 2.22. The van der Waals surface area contributed by atoms with E-state index in [1.54, 1.807) is 0 Å². The molecule has 0 atom stereocenters. The number of alkyl halides is 11. The van der Waals surface area contributed by atoms with E-state index in [-0.39, 0.29) is 0 Å². The van der Waals surface area contributed by atoms with E-state index < -0.39 is 42.7 Å². The summed E-state index contributed by atoms with van der Waals surface area (Å²) in [5.74, 6) is -13.2. The second kappa shape index (κ2) is 4.92. The van der Waals surface area contributed by atoms with Gasteiger partial charge in [0.1, 0.15) is 0 Å². The van der Waals surface area contributed by atoms with Crippen LogP contribution in [0.5, 0.6) is 0 Å². The van der Waals surface area contributed by atoms with Crippen molar-refractivity contribution in [2.75, 3.05) is 0 Å². The zero-order valence-corrected chi connectivity index (χ0v) is 9.02. The minimum Gasteiger partial charge on any atom is -0.216 e. The zero-order chi connectivity index (χ0) is 16.6. The first kappa shape index (κ1) is 18.7. The molecule has 0 amide bonds. The number of hydrogen-bond donors (Lipinski definition) is 0. The maximum absolute atomic E-state index is 12.9. The third-order valence-electron chi connectivity index (χ3n) is 2.22. The molecule has 0 bridgehead atoms. The first-order chi connectivity index (χ1) is 8.56. The van der Waals surface area contributed by atoms with Gasteiger partial charge in [-0.2, -0.15) is 49.2 Å². The van der Waals surface area contributed by atoms with Crippen molar-refractivity contribution in [3.63, 3.8) is 0 Å². The molecule has 0 saturated heterocycles. The lowest BCUT2D eigenvalue weighted by Crippen LogP contribution is -2.70. The molecule has 0 aliphatic heterocycles. The molecule has 20 heavy (non-hydrogen) atoms. The molecule has 0 spiro atoms. The van der Waals surface area contributed by atoms with Crippen LogP contribution in [0.25, 0.3) is 0 Å². The molecule has 0 aromatic carbocycles. The number of nitriles is 1. The molecule has 0 aromatic rings. The van der Waals surface area contributed by atoms with Crippen LogP contribution in [0.3, 0.4) is 0 Å². The molecule has 0 aromatic heterocycles. The lowest BCUT2D eigenvalue weighted by molar-refractivity contribution is -0.426. The molecular weight excluding hydrogens is 319 g/mol. The van der Waals surface area contributed by atoms with Gasteiger partial charge in [-0.25, -0.2) is 4.39 Å². The van der Waals surface area contributed by atoms with Crippen LogP contribution in [0, 0.1) is 11.3 Å². The molecular formula is C8H4F11N. The van der Waals surface area contributed by atoms with E-state index in [4.69, 9.17) is 5.26 Å². The minimum atomic E-state index is -7.44. The second-order valence-electron chi connectivity index (χ2n) is 3.59. The fourth-order valence-electron chi connectivity index (χ4n) is 1.14. The first-order valence-electron chi connectivity index (χ1n) is 4.51. The van der Waals surface area contributed by atoms with Gasteiger partial charge < -0.3 is 0 Å². The number of nitrogens with zero attached hydrogens (tertiary/aromatic N) is 1. The summed E-state index contributed by atoms with van der Waals surface area (Å²) >= 11 is 0. The molecule has 0 fully saturated rings. The Morgan fingerprint density at radius 1 is 0.700 bits per heavy atom. The van der Waals surface area contributed by atoms with Crippen molar-refractivity contribution in [3.05, 3.63) is 0 Å². The van der Waals surface area contributed by atoms with Gasteiger partial charge in [0, 0.05) is 12.8 Å². The number of hydrogen-bond acceptors (Lipinski definition) is 1. The standard InChI is InChI=1S/C8H4F11N/c9-4(10,2-1-3-20)6(12,13)5(11,7(14,15)16)8(17,18)19/h1-2H2. The summed E-state index contributed by atoms with van der Waals surface area (Å²) in [6.45, 7) is 0. The van der Waals surface area contributed by atoms with Crippen molar-refractivity contribution in [2.24, 2.45) is 0 Å². The van der Waals surface area contributed by atoms with Crippen LogP contribution >= 0.6 is 0 Å². The van der Waals surface area contributed by atoms with E-state index >= 15 is 0 Å². The highest BCUT2D eigenvalue weighted by molar-refractivity contribution is 5.11. The van der Waals surface area contributed by atoms with Crippen molar-refractivity contribution < 1.29 is 48.3 Å². The molecule has 0 aliphatic carbocycles. The first-order valence-corrected chi connectivity index (χ1v) is 4.51. The summed E-state index contributed by atoms with van der Waals surface area (Å²) < 4.78 is 136. The van der Waals surface area contributed by atoms with Gasteiger partial charge in [0.25, 0.3) is 0 Å². The Labute approximate surface area is 104 Å². The monoisotopic (exact) mass is 323 g/mol. The van der Waals surface area contributed by atoms with E-state index in [0.717, 1.165) is 6.07 Å². The summed E-state index contributed by atoms with van der Waals surface area (Å²) in [4.78, 5) is 0. The average molecular weight is 323 g/mol. The van der Waals surface area contributed by atoms with Gasteiger partial charge in [0.05, 0.1) is 6.07 Å². The smallest absolute Gasteiger partial charge is 0.216 e. The summed E-state index contributed by atoms with van der Waals surface area (Å²) in [5.41, 5.74) is -7.44. The molecule has 0 saturated carbocycles. The SMILES string of the molecule is N#CCCC(F)(F)C(F)(F)C(F)(C(F)(F)F)C(F)(F)F. The molecule has 0 rings (SSSR count). The van der Waals surface area contributed by atoms with Crippen molar-refractivity contribution in [1.29, 1.82) is 5.26 Å². The third kappa shape index (κ3) is 2.62. The largest absolute Gasteiger partial charge is 0.438 e. The fraction of sp³-hybridized carbons (Fsp3) is 0.875. The van der Waals surface area contributed by atoms with Crippen LogP contribution < -0.4 is 0 Å². The number of halogens is 11. The van der Waals surface area contributed by atoms with Gasteiger partial charge in [0.15, 0.2) is 0 Å². The molecule has 0 aliphatic rings. The van der Waals surface area contributed by atoms with E-state index in [1.165, 1.54) is 0 Å². The second-order valence-corrected chi connectivity index (χ2v) is 3.59. The van der Waals surface area contributed by atoms with Crippen molar-refractivity contribution in [3.8, 4) is 6.07 Å². The molecule has 12 heteroatoms. The molecule has 0 N–H and O–H groups in total. The van der Waals surface area contributed by atoms with Gasteiger partial charge in [0.2, 0.25) is 0 Å². The molecule has 0 heterocycles. The highest BCUT2D eigenvalue weighted by Gasteiger charge is 2.89. The van der Waals surface area contributed by atoms with E-state index in [0.29, 0.717) is 0 Å². The fourth-order valence-corrected chi connectivity index (χ4v) is 1.14. The van der Waals surface area contributed by atoms with Crippen LogP contribution in [-0.4, -0.2) is 29.9 Å². The van der Waals surface area contributed by atoms with E-state index in [9.17, 15) is 48.3 Å². The quantitative estimate of drug-likeness (QED) is 0.704. The van der Waals surface area contributed by atoms with Gasteiger partial charge in [-0.15, -0.1) is 0 Å². The zero-order valence-electron chi connectivity index (χ0n) is 9.02. The summed E-state index contributed by atoms with van der Waals surface area (Å²) in [6, 6.07) is 0.827. The average Bonchev–Trinajstić information content (AvgIpc) is 2.21. The highest BCUT2D eigenvalue weighted by Crippen LogP contribution is 2.59. The molecule has 118 valence electrons. The molecule has 0 unspecified atom stereocenters. The Kier molecular flexibility index (Phi) is 4.61. The van der Waals surface area contributed by atoms with E-state index in [2.05, 4.69) is 0 Å². The van der Waals surface area contributed by atoms with Crippen molar-refractivity contribution in [2.45, 2.75) is 42.7 Å².